The van der Waals surface area contributed by atoms with Crippen LogP contribution in [-0.4, -0.2) is 23.3 Å². The number of hydrogen-bond donors (Lipinski definition) is 0. The molecular formula is C12H14N2OSe. The number of rotatable bonds is 1. The number of nitrogens with zero attached hydrogens (tertiary/aromatic N) is 2. The van der Waals surface area contributed by atoms with E-state index in [1.807, 2.05) is 12.1 Å². The van der Waals surface area contributed by atoms with E-state index in [0.717, 1.165) is 9.78 Å². The van der Waals surface area contributed by atoms with Crippen molar-refractivity contribution in [2.24, 2.45) is 0 Å². The second kappa shape index (κ2) is 4.19. The van der Waals surface area contributed by atoms with Crippen LogP contribution in [0.4, 0.5) is 0 Å². The van der Waals surface area contributed by atoms with E-state index in [0.29, 0.717) is 6.04 Å². The predicted molar refractivity (Wildman–Crippen MR) is 65.1 cm³/mol. The van der Waals surface area contributed by atoms with Gasteiger partial charge < -0.3 is 0 Å². The first-order valence-electron chi connectivity index (χ1n) is 5.83. The second-order valence-electron chi connectivity index (χ2n) is 4.37. The van der Waals surface area contributed by atoms with Gasteiger partial charge in [-0.2, -0.15) is 0 Å². The molecule has 1 fully saturated rings. The number of hydrogen-bond acceptors (Lipinski definition) is 2. The molecule has 0 saturated heterocycles. The van der Waals surface area contributed by atoms with Gasteiger partial charge in [0.2, 0.25) is 0 Å². The van der Waals surface area contributed by atoms with Crippen LogP contribution in [0.25, 0.3) is 9.78 Å². The molecule has 0 radical (unpaired) electrons. The zero-order valence-corrected chi connectivity index (χ0v) is 10.8. The summed E-state index contributed by atoms with van der Waals surface area (Å²) in [6.07, 6.45) is 8.03. The molecule has 0 aromatic carbocycles. The Morgan fingerprint density at radius 1 is 1.31 bits per heavy atom. The SMILES string of the molecule is O=c1c2cccnc2[se]n1C1CCCCC1. The topological polar surface area (TPSA) is 34.9 Å². The van der Waals surface area contributed by atoms with E-state index in [-0.39, 0.29) is 20.3 Å². The van der Waals surface area contributed by atoms with Gasteiger partial charge in [-0.1, -0.05) is 0 Å². The monoisotopic (exact) mass is 282 g/mol. The average Bonchev–Trinajstić information content (AvgIpc) is 2.69. The summed E-state index contributed by atoms with van der Waals surface area (Å²) in [5.74, 6) is 0. The Labute approximate surface area is 100 Å². The first kappa shape index (κ1) is 10.3. The Balaban J connectivity index is 2.09. The zero-order chi connectivity index (χ0) is 11.0. The van der Waals surface area contributed by atoms with Gasteiger partial charge in [0, 0.05) is 0 Å². The molecule has 3 nitrogen and oxygen atoms in total. The summed E-state index contributed by atoms with van der Waals surface area (Å²) in [6.45, 7) is 0. The van der Waals surface area contributed by atoms with Crippen LogP contribution in [0, 0.1) is 0 Å². The van der Waals surface area contributed by atoms with Gasteiger partial charge in [-0.3, -0.25) is 0 Å². The Kier molecular flexibility index (Phi) is 2.70. The molecule has 3 rings (SSSR count). The summed E-state index contributed by atoms with van der Waals surface area (Å²) in [7, 11) is 0. The molecule has 0 unspecified atom stereocenters. The van der Waals surface area contributed by atoms with Crippen molar-refractivity contribution in [2.45, 2.75) is 38.1 Å². The summed E-state index contributed by atoms with van der Waals surface area (Å²) in [6, 6.07) is 4.25. The van der Waals surface area contributed by atoms with E-state index in [2.05, 4.69) is 8.55 Å². The first-order valence-corrected chi connectivity index (χ1v) is 7.45. The van der Waals surface area contributed by atoms with E-state index < -0.39 is 0 Å². The standard InChI is InChI=1S/C12H14N2OSe/c15-12-10-7-4-8-13-11(10)16-14(12)9-5-2-1-3-6-9/h4,7-9H,1-3,5-6H2. The van der Waals surface area contributed by atoms with E-state index >= 15 is 0 Å². The van der Waals surface area contributed by atoms with E-state index in [9.17, 15) is 4.79 Å². The van der Waals surface area contributed by atoms with E-state index in [1.165, 1.54) is 32.1 Å². The summed E-state index contributed by atoms with van der Waals surface area (Å²) in [5, 5.41) is 0.841. The molecule has 0 amide bonds. The molecule has 84 valence electrons. The molecule has 1 saturated carbocycles. The summed E-state index contributed by atoms with van der Waals surface area (Å²) < 4.78 is 3.11. The fraction of sp³-hybridized carbons (Fsp3) is 0.500. The van der Waals surface area contributed by atoms with Crippen molar-refractivity contribution in [2.75, 3.05) is 0 Å². The van der Waals surface area contributed by atoms with Gasteiger partial charge in [0.25, 0.3) is 0 Å². The molecule has 2 heterocycles. The van der Waals surface area contributed by atoms with E-state index in [1.54, 1.807) is 6.20 Å². The molecule has 0 atom stereocenters. The van der Waals surface area contributed by atoms with Crippen LogP contribution in [0.1, 0.15) is 38.1 Å². The fourth-order valence-electron chi connectivity index (χ4n) is 2.44. The van der Waals surface area contributed by atoms with Crippen molar-refractivity contribution in [3.05, 3.63) is 28.7 Å². The Morgan fingerprint density at radius 2 is 2.12 bits per heavy atom. The van der Waals surface area contributed by atoms with Gasteiger partial charge >= 0.3 is 99.9 Å². The Hall–Kier alpha value is -0.861. The minimum atomic E-state index is 0.121. The Morgan fingerprint density at radius 3 is 2.88 bits per heavy atom. The maximum absolute atomic E-state index is 12.2. The van der Waals surface area contributed by atoms with Gasteiger partial charge in [0.15, 0.2) is 0 Å². The second-order valence-corrected chi connectivity index (χ2v) is 6.39. The zero-order valence-electron chi connectivity index (χ0n) is 9.06. The molecule has 16 heavy (non-hydrogen) atoms. The normalized spacial score (nSPS) is 18.0. The van der Waals surface area contributed by atoms with Gasteiger partial charge in [-0.05, 0) is 0 Å². The molecule has 0 spiro atoms. The third-order valence-corrected chi connectivity index (χ3v) is 5.72. The van der Waals surface area contributed by atoms with Gasteiger partial charge in [0.1, 0.15) is 0 Å². The van der Waals surface area contributed by atoms with Crippen molar-refractivity contribution in [3.63, 3.8) is 0 Å². The maximum atomic E-state index is 12.2. The van der Waals surface area contributed by atoms with Gasteiger partial charge in [0.05, 0.1) is 0 Å². The van der Waals surface area contributed by atoms with Gasteiger partial charge in [-0.25, -0.2) is 0 Å². The van der Waals surface area contributed by atoms with Crippen LogP contribution in [0.3, 0.4) is 0 Å². The van der Waals surface area contributed by atoms with Crippen LogP contribution in [-0.2, 0) is 0 Å². The molecular weight excluding hydrogens is 267 g/mol. The molecule has 1 aliphatic rings. The van der Waals surface area contributed by atoms with Crippen LogP contribution in [0.5, 0.6) is 0 Å². The average molecular weight is 281 g/mol. The summed E-state index contributed by atoms with van der Waals surface area (Å²) in [5.41, 5.74) is 0.218. The van der Waals surface area contributed by atoms with Crippen molar-refractivity contribution in [1.82, 2.24) is 8.55 Å². The van der Waals surface area contributed by atoms with E-state index in [4.69, 9.17) is 0 Å². The Bertz CT molecular complexity index is 551. The van der Waals surface area contributed by atoms with Crippen molar-refractivity contribution in [3.8, 4) is 0 Å². The molecule has 0 N–H and O–H groups in total. The number of pyridine rings is 1. The molecule has 1 aliphatic carbocycles. The number of fused-ring (bicyclic) bond motifs is 1. The van der Waals surface area contributed by atoms with Crippen molar-refractivity contribution >= 4 is 24.5 Å². The summed E-state index contributed by atoms with van der Waals surface area (Å²) in [4.78, 5) is 16.5. The van der Waals surface area contributed by atoms with Crippen LogP contribution in [0.2, 0.25) is 0 Å². The molecule has 0 bridgehead atoms. The first-order chi connectivity index (χ1) is 7.86. The molecule has 4 heteroatoms. The molecule has 2 aromatic rings. The molecule has 2 aromatic heterocycles. The predicted octanol–water partition coefficient (Wildman–Crippen LogP) is 1.96. The quantitative estimate of drug-likeness (QED) is 0.749. The number of aromatic nitrogens is 2. The minimum absolute atomic E-state index is 0.121. The fourth-order valence-corrected chi connectivity index (χ4v) is 4.72. The molecule has 0 aliphatic heterocycles. The summed E-state index contributed by atoms with van der Waals surface area (Å²) >= 11 is 0.121. The third-order valence-electron chi connectivity index (χ3n) is 3.29. The van der Waals surface area contributed by atoms with Crippen molar-refractivity contribution in [1.29, 1.82) is 0 Å². The van der Waals surface area contributed by atoms with Crippen LogP contribution < -0.4 is 5.56 Å². The van der Waals surface area contributed by atoms with Crippen molar-refractivity contribution < 1.29 is 0 Å². The van der Waals surface area contributed by atoms with Gasteiger partial charge in [-0.15, -0.1) is 0 Å². The van der Waals surface area contributed by atoms with Crippen LogP contribution in [0.15, 0.2) is 23.1 Å². The van der Waals surface area contributed by atoms with Crippen LogP contribution >= 0.6 is 0 Å². The third kappa shape index (κ3) is 1.66.